The standard InChI is InChI=1S/C12H25NO3/c1-5-7-13-11(12(14)16-6-2)9-15-8-10(3)4/h10-11,13H,5-9H2,1-4H3. The Hall–Kier alpha value is -0.610. The Balaban J connectivity index is 3.94. The second-order valence-corrected chi connectivity index (χ2v) is 4.19. The molecule has 0 saturated carbocycles. The zero-order valence-corrected chi connectivity index (χ0v) is 10.9. The van der Waals surface area contributed by atoms with Crippen LogP contribution in [-0.4, -0.2) is 38.4 Å². The Bertz CT molecular complexity index is 183. The molecule has 0 aromatic carbocycles. The summed E-state index contributed by atoms with van der Waals surface area (Å²) in [5.41, 5.74) is 0. The largest absolute Gasteiger partial charge is 0.465 e. The molecule has 0 bridgehead atoms. The fraction of sp³-hybridized carbons (Fsp3) is 0.917. The topological polar surface area (TPSA) is 47.6 Å². The maximum Gasteiger partial charge on any atom is 0.325 e. The molecule has 0 aromatic rings. The van der Waals surface area contributed by atoms with E-state index < -0.39 is 0 Å². The summed E-state index contributed by atoms with van der Waals surface area (Å²) in [7, 11) is 0. The number of rotatable bonds is 9. The van der Waals surface area contributed by atoms with E-state index in [2.05, 4.69) is 26.1 Å². The van der Waals surface area contributed by atoms with Gasteiger partial charge in [-0.25, -0.2) is 0 Å². The number of hydrogen-bond acceptors (Lipinski definition) is 4. The van der Waals surface area contributed by atoms with Gasteiger partial charge in [0.05, 0.1) is 13.2 Å². The number of ether oxygens (including phenoxy) is 2. The van der Waals surface area contributed by atoms with Crippen molar-refractivity contribution in [2.24, 2.45) is 5.92 Å². The third-order valence-electron chi connectivity index (χ3n) is 1.95. The predicted molar refractivity (Wildman–Crippen MR) is 64.4 cm³/mol. The summed E-state index contributed by atoms with van der Waals surface area (Å²) in [6.07, 6.45) is 0.986. The lowest BCUT2D eigenvalue weighted by molar-refractivity contribution is -0.147. The van der Waals surface area contributed by atoms with Crippen LogP contribution in [0.1, 0.15) is 34.1 Å². The SMILES string of the molecule is CCCNC(COCC(C)C)C(=O)OCC. The molecule has 0 radical (unpaired) electrons. The maximum absolute atomic E-state index is 11.6. The maximum atomic E-state index is 11.6. The first kappa shape index (κ1) is 15.4. The molecule has 0 rings (SSSR count). The van der Waals surface area contributed by atoms with Crippen LogP contribution in [0.5, 0.6) is 0 Å². The van der Waals surface area contributed by atoms with E-state index in [1.807, 2.05) is 6.92 Å². The van der Waals surface area contributed by atoms with E-state index in [1.165, 1.54) is 0 Å². The fourth-order valence-electron chi connectivity index (χ4n) is 1.19. The van der Waals surface area contributed by atoms with Gasteiger partial charge in [-0.1, -0.05) is 20.8 Å². The molecule has 1 N–H and O–H groups in total. The predicted octanol–water partition coefficient (Wildman–Crippen LogP) is 1.59. The first-order valence-corrected chi connectivity index (χ1v) is 6.09. The molecule has 1 atom stereocenters. The van der Waals surface area contributed by atoms with E-state index in [4.69, 9.17) is 9.47 Å². The van der Waals surface area contributed by atoms with Crippen molar-refractivity contribution >= 4 is 5.97 Å². The van der Waals surface area contributed by atoms with Crippen molar-refractivity contribution in [3.8, 4) is 0 Å². The molecule has 0 fully saturated rings. The summed E-state index contributed by atoms with van der Waals surface area (Å²) >= 11 is 0. The molecule has 1 unspecified atom stereocenters. The quantitative estimate of drug-likeness (QED) is 0.612. The summed E-state index contributed by atoms with van der Waals surface area (Å²) in [5.74, 6) is 0.258. The van der Waals surface area contributed by atoms with Gasteiger partial charge < -0.3 is 14.8 Å². The Morgan fingerprint density at radius 2 is 1.94 bits per heavy atom. The van der Waals surface area contributed by atoms with Gasteiger partial charge >= 0.3 is 5.97 Å². The van der Waals surface area contributed by atoms with Crippen LogP contribution >= 0.6 is 0 Å². The molecule has 0 amide bonds. The second kappa shape index (κ2) is 9.60. The highest BCUT2D eigenvalue weighted by Crippen LogP contribution is 1.96. The molecular formula is C12H25NO3. The highest BCUT2D eigenvalue weighted by molar-refractivity contribution is 5.75. The summed E-state index contributed by atoms with van der Waals surface area (Å²) in [6.45, 7) is 10.3. The molecule has 4 heteroatoms. The Morgan fingerprint density at radius 1 is 1.25 bits per heavy atom. The highest BCUT2D eigenvalue weighted by atomic mass is 16.5. The first-order chi connectivity index (χ1) is 7.61. The van der Waals surface area contributed by atoms with Gasteiger partial charge in [-0.2, -0.15) is 0 Å². The average molecular weight is 231 g/mol. The van der Waals surface area contributed by atoms with Gasteiger partial charge in [-0.05, 0) is 25.8 Å². The lowest BCUT2D eigenvalue weighted by Crippen LogP contribution is -2.42. The molecule has 4 nitrogen and oxygen atoms in total. The molecule has 0 aromatic heterocycles. The molecular weight excluding hydrogens is 206 g/mol. The van der Waals surface area contributed by atoms with Crippen LogP contribution in [0.2, 0.25) is 0 Å². The van der Waals surface area contributed by atoms with Gasteiger partial charge in [-0.3, -0.25) is 4.79 Å². The average Bonchev–Trinajstić information content (AvgIpc) is 2.22. The van der Waals surface area contributed by atoms with Crippen LogP contribution in [0.3, 0.4) is 0 Å². The van der Waals surface area contributed by atoms with Gasteiger partial charge in [0.15, 0.2) is 0 Å². The van der Waals surface area contributed by atoms with Gasteiger partial charge in [0.25, 0.3) is 0 Å². The van der Waals surface area contributed by atoms with Crippen molar-refractivity contribution in [3.05, 3.63) is 0 Å². The molecule has 16 heavy (non-hydrogen) atoms. The van der Waals surface area contributed by atoms with Crippen molar-refractivity contribution in [2.45, 2.75) is 40.2 Å². The Morgan fingerprint density at radius 3 is 2.44 bits per heavy atom. The van der Waals surface area contributed by atoms with Gasteiger partial charge in [0, 0.05) is 6.61 Å². The van der Waals surface area contributed by atoms with Crippen molar-refractivity contribution in [1.29, 1.82) is 0 Å². The number of carbonyl (C=O) groups excluding carboxylic acids is 1. The van der Waals surface area contributed by atoms with Crippen molar-refractivity contribution in [1.82, 2.24) is 5.32 Å². The van der Waals surface area contributed by atoms with Gasteiger partial charge in [0.2, 0.25) is 0 Å². The van der Waals surface area contributed by atoms with E-state index >= 15 is 0 Å². The minimum atomic E-state index is -0.335. The molecule has 0 aliphatic heterocycles. The number of nitrogens with one attached hydrogen (secondary N) is 1. The minimum Gasteiger partial charge on any atom is -0.465 e. The van der Waals surface area contributed by atoms with Crippen LogP contribution in [0, 0.1) is 5.92 Å². The van der Waals surface area contributed by atoms with Crippen LogP contribution in [0.4, 0.5) is 0 Å². The summed E-state index contributed by atoms with van der Waals surface area (Å²) in [4.78, 5) is 11.6. The molecule has 96 valence electrons. The number of esters is 1. The van der Waals surface area contributed by atoms with Crippen molar-refractivity contribution < 1.29 is 14.3 Å². The molecule has 0 saturated heterocycles. The third-order valence-corrected chi connectivity index (χ3v) is 1.95. The van der Waals surface area contributed by atoms with Crippen LogP contribution in [-0.2, 0) is 14.3 Å². The monoisotopic (exact) mass is 231 g/mol. The molecule has 0 aliphatic rings. The van der Waals surface area contributed by atoms with Crippen LogP contribution in [0.15, 0.2) is 0 Å². The lowest BCUT2D eigenvalue weighted by atomic mass is 10.2. The third kappa shape index (κ3) is 7.65. The molecule has 0 aliphatic carbocycles. The lowest BCUT2D eigenvalue weighted by Gasteiger charge is -2.17. The van der Waals surface area contributed by atoms with Gasteiger partial charge in [0.1, 0.15) is 6.04 Å². The zero-order chi connectivity index (χ0) is 12.4. The van der Waals surface area contributed by atoms with Crippen molar-refractivity contribution in [3.63, 3.8) is 0 Å². The van der Waals surface area contributed by atoms with E-state index in [0.717, 1.165) is 13.0 Å². The first-order valence-electron chi connectivity index (χ1n) is 6.09. The minimum absolute atomic E-state index is 0.222. The molecule has 0 heterocycles. The smallest absolute Gasteiger partial charge is 0.325 e. The van der Waals surface area contributed by atoms with Crippen LogP contribution in [0.25, 0.3) is 0 Å². The van der Waals surface area contributed by atoms with Crippen LogP contribution < -0.4 is 5.32 Å². The summed E-state index contributed by atoms with van der Waals surface area (Å²) in [5, 5.41) is 3.13. The number of carbonyl (C=O) groups is 1. The van der Waals surface area contributed by atoms with E-state index in [9.17, 15) is 4.79 Å². The second-order valence-electron chi connectivity index (χ2n) is 4.19. The van der Waals surface area contributed by atoms with E-state index in [-0.39, 0.29) is 12.0 Å². The van der Waals surface area contributed by atoms with Crippen molar-refractivity contribution in [2.75, 3.05) is 26.4 Å². The fourth-order valence-corrected chi connectivity index (χ4v) is 1.19. The Kier molecular flexibility index (Phi) is 9.24. The normalized spacial score (nSPS) is 12.8. The van der Waals surface area contributed by atoms with Gasteiger partial charge in [-0.15, -0.1) is 0 Å². The summed E-state index contributed by atoms with van der Waals surface area (Å²) in [6, 6.07) is -0.335. The highest BCUT2D eigenvalue weighted by Gasteiger charge is 2.18. The zero-order valence-electron chi connectivity index (χ0n) is 10.9. The molecule has 0 spiro atoms. The number of hydrogen-bond donors (Lipinski definition) is 1. The Labute approximate surface area is 98.7 Å². The van der Waals surface area contributed by atoms with E-state index in [0.29, 0.717) is 25.7 Å². The van der Waals surface area contributed by atoms with E-state index in [1.54, 1.807) is 0 Å². The summed E-state index contributed by atoms with van der Waals surface area (Å²) < 4.78 is 10.4.